The third kappa shape index (κ3) is 6.64. The Hall–Kier alpha value is -2.79. The number of aromatic nitrogens is 2. The summed E-state index contributed by atoms with van der Waals surface area (Å²) in [7, 11) is 1.57. The van der Waals surface area contributed by atoms with E-state index in [1.54, 1.807) is 19.4 Å². The number of anilines is 1. The Kier molecular flexibility index (Phi) is 8.74. The molecule has 2 rings (SSSR count). The predicted molar refractivity (Wildman–Crippen MR) is 113 cm³/mol. The van der Waals surface area contributed by atoms with Crippen molar-refractivity contribution >= 4 is 40.1 Å². The van der Waals surface area contributed by atoms with Gasteiger partial charge in [-0.2, -0.15) is 5.26 Å². The van der Waals surface area contributed by atoms with E-state index in [0.29, 0.717) is 28.0 Å². The normalized spacial score (nSPS) is 12.2. The molecule has 0 bridgehead atoms. The smallest absolute Gasteiger partial charge is 0.209 e. The number of nitrogens with zero attached hydrogens (tertiary/aromatic N) is 4. The van der Waals surface area contributed by atoms with Gasteiger partial charge in [-0.3, -0.25) is 5.41 Å². The van der Waals surface area contributed by atoms with E-state index in [9.17, 15) is 4.39 Å². The summed E-state index contributed by atoms with van der Waals surface area (Å²) in [6.45, 7) is 2.40. The zero-order valence-electron chi connectivity index (χ0n) is 15.8. The lowest BCUT2D eigenvalue weighted by Gasteiger charge is -2.16. The first-order valence-corrected chi connectivity index (χ1v) is 9.98. The van der Waals surface area contributed by atoms with E-state index in [1.165, 1.54) is 12.1 Å². The van der Waals surface area contributed by atoms with Crippen molar-refractivity contribution in [1.82, 2.24) is 20.9 Å². The van der Waals surface area contributed by atoms with Gasteiger partial charge in [0.05, 0.1) is 13.2 Å². The third-order valence-corrected chi connectivity index (χ3v) is 4.46. The predicted octanol–water partition coefficient (Wildman–Crippen LogP) is 2.13. The number of hydrogen-bond donors (Lipinski definition) is 4. The number of nitriles is 1. The average molecular weight is 514 g/mol. The Morgan fingerprint density at radius 1 is 1.48 bits per heavy atom. The Labute approximate surface area is 180 Å². The first kappa shape index (κ1) is 22.5. The molecule has 0 fully saturated rings. The number of rotatable bonds is 8. The molecule has 12 heteroatoms. The van der Waals surface area contributed by atoms with Crippen molar-refractivity contribution in [3.05, 3.63) is 41.0 Å². The molecule has 0 spiro atoms. The molecular formula is C17H20FIN8O2. The Bertz CT molecular complexity index is 911. The summed E-state index contributed by atoms with van der Waals surface area (Å²) in [4.78, 5) is 3.68. The fourth-order valence-corrected chi connectivity index (χ4v) is 2.92. The fourth-order valence-electron chi connectivity index (χ4n) is 2.34. The van der Waals surface area contributed by atoms with Crippen molar-refractivity contribution in [1.29, 1.82) is 10.7 Å². The standard InChI is InChI=1S/C17H20FIN8O2/c1-10(8-28-2)24-17(23-9-20)22-7-14-15(27-29-26-14)16(21)25-12-3-4-13(18)11(5-12)6-19/h3-5,10H,6-8H2,1-2H3,(H2,21,25)(H2,22,23,24). The number of aliphatic imine (C=N–C) groups is 1. The number of methoxy groups -OCH3 is 1. The van der Waals surface area contributed by atoms with Crippen LogP contribution in [0.5, 0.6) is 0 Å². The Morgan fingerprint density at radius 2 is 2.28 bits per heavy atom. The van der Waals surface area contributed by atoms with Crippen LogP contribution in [0, 0.1) is 22.7 Å². The van der Waals surface area contributed by atoms with E-state index in [0.717, 1.165) is 0 Å². The summed E-state index contributed by atoms with van der Waals surface area (Å²) in [6.07, 6.45) is 1.71. The van der Waals surface area contributed by atoms with Crippen molar-refractivity contribution in [3.8, 4) is 6.19 Å². The van der Waals surface area contributed by atoms with Crippen LogP contribution in [0.15, 0.2) is 27.8 Å². The number of amidine groups is 1. The number of nitrogens with one attached hydrogen (secondary N) is 4. The van der Waals surface area contributed by atoms with Crippen molar-refractivity contribution in [2.24, 2.45) is 4.99 Å². The molecule has 154 valence electrons. The summed E-state index contributed by atoms with van der Waals surface area (Å²) in [6, 6.07) is 4.41. The van der Waals surface area contributed by atoms with Crippen LogP contribution in [0.2, 0.25) is 0 Å². The van der Waals surface area contributed by atoms with Gasteiger partial charge in [0, 0.05) is 23.3 Å². The highest BCUT2D eigenvalue weighted by atomic mass is 127. The molecule has 0 saturated heterocycles. The maximum absolute atomic E-state index is 13.6. The van der Waals surface area contributed by atoms with Crippen molar-refractivity contribution in [2.75, 3.05) is 19.0 Å². The molecule has 1 atom stereocenters. The zero-order valence-corrected chi connectivity index (χ0v) is 17.9. The van der Waals surface area contributed by atoms with Gasteiger partial charge in [-0.15, -0.1) is 4.99 Å². The first-order valence-electron chi connectivity index (χ1n) is 8.46. The molecule has 0 radical (unpaired) electrons. The van der Waals surface area contributed by atoms with Gasteiger partial charge >= 0.3 is 0 Å². The van der Waals surface area contributed by atoms with E-state index in [-0.39, 0.29) is 35.9 Å². The van der Waals surface area contributed by atoms with E-state index in [4.69, 9.17) is 20.0 Å². The number of alkyl halides is 1. The van der Waals surface area contributed by atoms with Gasteiger partial charge in [0.15, 0.2) is 11.5 Å². The summed E-state index contributed by atoms with van der Waals surface area (Å²) in [5.74, 6) is -0.131. The van der Waals surface area contributed by atoms with Crippen molar-refractivity contribution in [2.45, 2.75) is 23.9 Å². The van der Waals surface area contributed by atoms with Gasteiger partial charge < -0.3 is 20.7 Å². The lowest BCUT2D eigenvalue weighted by atomic mass is 10.2. The lowest BCUT2D eigenvalue weighted by molar-refractivity contribution is 0.179. The molecule has 4 N–H and O–H groups in total. The van der Waals surface area contributed by atoms with Crippen LogP contribution in [0.4, 0.5) is 10.1 Å². The molecule has 29 heavy (non-hydrogen) atoms. The van der Waals surface area contributed by atoms with Gasteiger partial charge in [-0.25, -0.2) is 9.02 Å². The van der Waals surface area contributed by atoms with Gasteiger partial charge in [-0.05, 0) is 35.8 Å². The van der Waals surface area contributed by atoms with Crippen LogP contribution in [0.25, 0.3) is 0 Å². The van der Waals surface area contributed by atoms with Crippen LogP contribution in [-0.2, 0) is 15.7 Å². The average Bonchev–Trinajstić information content (AvgIpc) is 3.16. The van der Waals surface area contributed by atoms with E-state index in [2.05, 4.69) is 53.8 Å². The van der Waals surface area contributed by atoms with Gasteiger partial charge in [0.2, 0.25) is 12.2 Å². The molecule has 0 aliphatic heterocycles. The highest BCUT2D eigenvalue weighted by Gasteiger charge is 2.17. The lowest BCUT2D eigenvalue weighted by Crippen LogP contribution is -2.43. The highest BCUT2D eigenvalue weighted by molar-refractivity contribution is 14.1. The van der Waals surface area contributed by atoms with Crippen LogP contribution in [0.1, 0.15) is 23.9 Å². The maximum Gasteiger partial charge on any atom is 0.209 e. The number of ether oxygens (including phenoxy) is 1. The van der Waals surface area contributed by atoms with E-state index >= 15 is 0 Å². The largest absolute Gasteiger partial charge is 0.383 e. The van der Waals surface area contributed by atoms with Crippen LogP contribution >= 0.6 is 22.6 Å². The second-order valence-corrected chi connectivity index (χ2v) is 6.68. The maximum atomic E-state index is 13.6. The minimum atomic E-state index is -0.302. The van der Waals surface area contributed by atoms with Crippen LogP contribution in [-0.4, -0.2) is 41.9 Å². The highest BCUT2D eigenvalue weighted by Crippen LogP contribution is 2.18. The molecule has 0 amide bonds. The third-order valence-electron chi connectivity index (χ3n) is 3.64. The van der Waals surface area contributed by atoms with E-state index in [1.807, 2.05) is 6.92 Å². The molecule has 1 aromatic carbocycles. The summed E-state index contributed by atoms with van der Waals surface area (Å²) in [5.41, 5.74) is 1.59. The first-order chi connectivity index (χ1) is 14.0. The summed E-state index contributed by atoms with van der Waals surface area (Å²) < 4.78 is 23.9. The Balaban J connectivity index is 2.05. The number of benzene rings is 1. The second kappa shape index (κ2) is 11.3. The molecule has 0 aliphatic rings. The minimum Gasteiger partial charge on any atom is -0.383 e. The number of hydrogen-bond acceptors (Lipinski definition) is 7. The minimum absolute atomic E-state index is 0.0615. The molecule has 0 aliphatic carbocycles. The topological polar surface area (TPSA) is 144 Å². The second-order valence-electron chi connectivity index (χ2n) is 5.91. The molecule has 0 saturated carbocycles. The summed E-state index contributed by atoms with van der Waals surface area (Å²) >= 11 is 2.07. The van der Waals surface area contributed by atoms with Crippen LogP contribution in [0.3, 0.4) is 0 Å². The summed E-state index contributed by atoms with van der Waals surface area (Å²) in [5, 5.41) is 33.4. The molecule has 1 aromatic heterocycles. The molecule has 1 unspecified atom stereocenters. The molecular weight excluding hydrogens is 494 g/mol. The van der Waals surface area contributed by atoms with Gasteiger partial charge in [0.25, 0.3) is 0 Å². The molecule has 1 heterocycles. The quantitative estimate of drug-likeness (QED) is 0.138. The SMILES string of the molecule is COCC(C)N/C(=N/C#N)NCc1nonc1C(=N)Nc1ccc(F)c(CI)c1. The number of halogens is 2. The molecule has 2 aromatic rings. The van der Waals surface area contributed by atoms with Gasteiger partial charge in [0.1, 0.15) is 11.5 Å². The van der Waals surface area contributed by atoms with Crippen molar-refractivity contribution < 1.29 is 13.8 Å². The number of guanidine groups is 1. The molecule has 10 nitrogen and oxygen atoms in total. The van der Waals surface area contributed by atoms with Gasteiger partial charge in [-0.1, -0.05) is 27.7 Å². The fraction of sp³-hybridized carbons (Fsp3) is 0.353. The monoisotopic (exact) mass is 514 g/mol. The Morgan fingerprint density at radius 3 is 2.97 bits per heavy atom. The van der Waals surface area contributed by atoms with Crippen molar-refractivity contribution in [3.63, 3.8) is 0 Å². The zero-order chi connectivity index (χ0) is 21.2. The van der Waals surface area contributed by atoms with Crippen LogP contribution < -0.4 is 16.0 Å². The van der Waals surface area contributed by atoms with E-state index < -0.39 is 0 Å².